The summed E-state index contributed by atoms with van der Waals surface area (Å²) in [5, 5.41) is 15.1. The molecule has 2 aliphatic carbocycles. The van der Waals surface area contributed by atoms with Gasteiger partial charge in [-0.2, -0.15) is 0 Å². The minimum atomic E-state index is -0.389. The van der Waals surface area contributed by atoms with Crippen molar-refractivity contribution in [2.45, 2.75) is 64.7 Å². The van der Waals surface area contributed by atoms with Crippen LogP contribution in [0.1, 0.15) is 95.0 Å². The number of hydrogen-bond acceptors (Lipinski definition) is 8. The second-order valence-electron chi connectivity index (χ2n) is 17.3. The van der Waals surface area contributed by atoms with Gasteiger partial charge in [0.05, 0.1) is 23.8 Å². The van der Waals surface area contributed by atoms with Gasteiger partial charge in [-0.15, -0.1) is 0 Å². The highest BCUT2D eigenvalue weighted by Crippen LogP contribution is 2.46. The first-order chi connectivity index (χ1) is 29.7. The predicted octanol–water partition coefficient (Wildman–Crippen LogP) is 9.20. The number of aryl methyl sites for hydroxylation is 1. The smallest absolute Gasteiger partial charge is 0.376 e. The number of allylic oxidation sites excluding steroid dienone is 1. The van der Waals surface area contributed by atoms with Crippen molar-refractivity contribution in [1.29, 1.82) is 0 Å². The quantitative estimate of drug-likeness (QED) is 0.158. The van der Waals surface area contributed by atoms with Crippen LogP contribution in [0, 0.1) is 18.8 Å². The number of aliphatic imine (C=N–C) groups is 1. The van der Waals surface area contributed by atoms with Crippen LogP contribution in [-0.2, 0) is 6.54 Å². The number of halogens is 2. The Bertz CT molecular complexity index is 2470. The zero-order valence-corrected chi connectivity index (χ0v) is 37.0. The van der Waals surface area contributed by atoms with Gasteiger partial charge in [0.15, 0.2) is 0 Å². The topological polar surface area (TPSA) is 94.7 Å². The molecule has 0 spiro atoms. The number of imidazole rings is 1. The molecule has 0 bridgehead atoms. The van der Waals surface area contributed by atoms with Crippen LogP contribution in [0.4, 0.5) is 0 Å². The Morgan fingerprint density at radius 3 is 1.82 bits per heavy atom. The maximum Gasteiger partial charge on any atom is 0.376 e. The van der Waals surface area contributed by atoms with E-state index in [-0.39, 0.29) is 13.0 Å². The minimum Gasteiger partial charge on any atom is -0.437 e. The lowest BCUT2D eigenvalue weighted by molar-refractivity contribution is 0.235. The third-order valence-electron chi connectivity index (χ3n) is 13.6. The number of fused-ring (bicyclic) bond motifs is 4. The van der Waals surface area contributed by atoms with Crippen LogP contribution in [-0.4, -0.2) is 93.0 Å². The second kappa shape index (κ2) is 18.4. The van der Waals surface area contributed by atoms with Gasteiger partial charge >= 0.3 is 7.05 Å². The number of piperidine rings is 2. The Labute approximate surface area is 370 Å². The number of amidine groups is 1. The predicted molar refractivity (Wildman–Crippen MR) is 251 cm³/mol. The molecule has 6 heterocycles. The van der Waals surface area contributed by atoms with E-state index >= 15 is 0 Å². The number of benzene rings is 2. The highest BCUT2D eigenvalue weighted by Gasteiger charge is 2.36. The zero-order chi connectivity index (χ0) is 42.0. The zero-order valence-electron chi connectivity index (χ0n) is 35.4. The molecule has 9 nitrogen and oxygen atoms in total. The van der Waals surface area contributed by atoms with E-state index in [1.165, 1.54) is 63.1 Å². The summed E-state index contributed by atoms with van der Waals surface area (Å²) < 4.78 is 2.19. The fourth-order valence-corrected chi connectivity index (χ4v) is 10.7. The number of pyridine rings is 2. The van der Waals surface area contributed by atoms with Gasteiger partial charge in [0, 0.05) is 66.3 Å². The summed E-state index contributed by atoms with van der Waals surface area (Å²) in [6.45, 7) is 13.4. The van der Waals surface area contributed by atoms with Crippen LogP contribution >= 0.6 is 23.2 Å². The van der Waals surface area contributed by atoms with Crippen LogP contribution in [0.15, 0.2) is 90.4 Å². The molecule has 2 aromatic carbocycles. The molecular formula is C49H55BCl2N8O. The van der Waals surface area contributed by atoms with Crippen molar-refractivity contribution >= 4 is 59.4 Å². The standard InChI is InChI=1S/C25H30BClN4O.C24H25ClN4/c1-17-28-10-13-30(17)16-20-14-19-4-3-9-29-25(19)24(22-6-5-21(27)15-23(20)22)18-7-11-31(12-8-18)26(2)32;1-16-27-11-12-29(16)15-19-13-18-3-2-8-28-24(18)23(17-6-9-26-10-7-17)21-5-4-20(25)14-22(19)21/h3-6,9,14-15,18,24,32H,7-8,10-13,16H2,1-2H3;2-5,8,11-14,17,23,26H,6-7,9-10,15H2,1H3. The summed E-state index contributed by atoms with van der Waals surface area (Å²) in [6, 6.07) is 21.2. The monoisotopic (exact) mass is 852 g/mol. The SMILES string of the molecule is CB(O)N1CCC(C2c3ccc(Cl)cc3C(CN3CCN=C3C)=Cc3cccnc32)CC1.Cc1nccn1CC1=Cc2cccnc2C(C2CCNCC2)c2ccc(Cl)cc21. The lowest BCUT2D eigenvalue weighted by Crippen LogP contribution is -2.44. The minimum absolute atomic E-state index is 0.219. The molecule has 2 N–H and O–H groups in total. The fraction of sp³-hybridized carbons (Fsp3) is 0.388. The summed E-state index contributed by atoms with van der Waals surface area (Å²) in [5.41, 5.74) is 12.5. The summed E-state index contributed by atoms with van der Waals surface area (Å²) in [4.78, 5) is 23.3. The molecule has 10 rings (SSSR count). The van der Waals surface area contributed by atoms with E-state index < -0.39 is 0 Å². The highest BCUT2D eigenvalue weighted by atomic mass is 35.5. The van der Waals surface area contributed by atoms with Crippen molar-refractivity contribution in [3.63, 3.8) is 0 Å². The van der Waals surface area contributed by atoms with E-state index in [0.29, 0.717) is 17.8 Å². The lowest BCUT2D eigenvalue weighted by atomic mass is 9.73. The van der Waals surface area contributed by atoms with Crippen LogP contribution in [0.3, 0.4) is 0 Å². The maximum atomic E-state index is 10.0. The summed E-state index contributed by atoms with van der Waals surface area (Å²) >= 11 is 13.0. The first-order valence-corrected chi connectivity index (χ1v) is 22.7. The molecule has 2 fully saturated rings. The van der Waals surface area contributed by atoms with E-state index in [4.69, 9.17) is 33.2 Å². The van der Waals surface area contributed by atoms with E-state index in [1.54, 1.807) is 0 Å². The summed E-state index contributed by atoms with van der Waals surface area (Å²) in [7, 11) is -0.389. The molecule has 0 amide bonds. The Morgan fingerprint density at radius 2 is 1.30 bits per heavy atom. The molecule has 0 saturated carbocycles. The van der Waals surface area contributed by atoms with Crippen molar-refractivity contribution in [2.75, 3.05) is 45.8 Å². The maximum absolute atomic E-state index is 10.0. The van der Waals surface area contributed by atoms with Gasteiger partial charge in [-0.05, 0) is 177 Å². The van der Waals surface area contributed by atoms with Crippen molar-refractivity contribution in [2.24, 2.45) is 16.8 Å². The molecule has 2 atom stereocenters. The molecule has 2 saturated heterocycles. The lowest BCUT2D eigenvalue weighted by Gasteiger charge is -2.37. The first-order valence-electron chi connectivity index (χ1n) is 22.0. The number of hydrogen-bond donors (Lipinski definition) is 2. The third kappa shape index (κ3) is 8.89. The van der Waals surface area contributed by atoms with Crippen LogP contribution in [0.2, 0.25) is 16.9 Å². The molecule has 314 valence electrons. The van der Waals surface area contributed by atoms with Gasteiger partial charge in [0.25, 0.3) is 0 Å². The molecule has 5 aromatic rings. The van der Waals surface area contributed by atoms with Crippen molar-refractivity contribution in [3.05, 3.63) is 146 Å². The number of nitrogens with zero attached hydrogens (tertiary/aromatic N) is 7. The van der Waals surface area contributed by atoms with E-state index in [0.717, 1.165) is 92.6 Å². The average molecular weight is 854 g/mol. The molecule has 61 heavy (non-hydrogen) atoms. The highest BCUT2D eigenvalue weighted by molar-refractivity contribution is 6.45. The van der Waals surface area contributed by atoms with Crippen molar-refractivity contribution in [1.82, 2.24) is 34.5 Å². The Kier molecular flexibility index (Phi) is 12.6. The van der Waals surface area contributed by atoms with Crippen LogP contribution in [0.25, 0.3) is 23.3 Å². The molecular weight excluding hydrogens is 798 g/mol. The van der Waals surface area contributed by atoms with Crippen molar-refractivity contribution in [3.8, 4) is 0 Å². The molecule has 0 radical (unpaired) electrons. The summed E-state index contributed by atoms with van der Waals surface area (Å²) in [6.07, 6.45) is 16.8. The second-order valence-corrected chi connectivity index (χ2v) is 18.1. The molecule has 3 aromatic heterocycles. The normalized spacial score (nSPS) is 20.4. The molecule has 5 aliphatic rings. The summed E-state index contributed by atoms with van der Waals surface area (Å²) in [5.74, 6) is 3.68. The van der Waals surface area contributed by atoms with Gasteiger partial charge < -0.3 is 24.6 Å². The van der Waals surface area contributed by atoms with E-state index in [9.17, 15) is 5.02 Å². The molecule has 2 unspecified atom stereocenters. The Balaban J connectivity index is 0.000000157. The third-order valence-corrected chi connectivity index (χ3v) is 14.1. The van der Waals surface area contributed by atoms with Gasteiger partial charge in [0.2, 0.25) is 0 Å². The number of aromatic nitrogens is 4. The van der Waals surface area contributed by atoms with E-state index in [2.05, 4.69) is 85.0 Å². The average Bonchev–Trinajstić information content (AvgIpc) is 3.81. The first kappa shape index (κ1) is 41.8. The number of nitrogens with one attached hydrogen (secondary N) is 1. The number of rotatable bonds is 7. The Hall–Kier alpha value is -4.58. The Morgan fingerprint density at radius 1 is 0.721 bits per heavy atom. The van der Waals surface area contributed by atoms with Gasteiger partial charge in [-0.3, -0.25) is 15.0 Å². The van der Waals surface area contributed by atoms with Crippen LogP contribution in [0.5, 0.6) is 0 Å². The van der Waals surface area contributed by atoms with Crippen molar-refractivity contribution < 1.29 is 5.02 Å². The van der Waals surface area contributed by atoms with Gasteiger partial charge in [-0.25, -0.2) is 4.98 Å². The van der Waals surface area contributed by atoms with Crippen LogP contribution < -0.4 is 5.32 Å². The fourth-order valence-electron chi connectivity index (χ4n) is 10.4. The molecule has 12 heteroatoms. The largest absolute Gasteiger partial charge is 0.437 e. The van der Waals surface area contributed by atoms with Gasteiger partial charge in [-0.1, -0.05) is 47.5 Å². The van der Waals surface area contributed by atoms with E-state index in [1.807, 2.05) is 62.8 Å². The molecule has 3 aliphatic heterocycles. The van der Waals surface area contributed by atoms with Gasteiger partial charge in [0.1, 0.15) is 5.82 Å².